The number of benzene rings is 2. The topological polar surface area (TPSA) is 153 Å². The molecule has 1 N–H and O–H groups in total. The van der Waals surface area contributed by atoms with Gasteiger partial charge in [0.2, 0.25) is 11.7 Å². The Bertz CT molecular complexity index is 2750. The highest BCUT2D eigenvalue weighted by molar-refractivity contribution is 7.21. The second-order valence-corrected chi connectivity index (χ2v) is 15.1. The number of alkyl halides is 3. The first-order valence-corrected chi connectivity index (χ1v) is 19.7. The normalized spacial score (nSPS) is 13.3. The smallest absolute Gasteiger partial charge is 0.416 e. The maximum Gasteiger partial charge on any atom is 0.416 e. The first-order chi connectivity index (χ1) is 28.4. The van der Waals surface area contributed by atoms with E-state index in [4.69, 9.17) is 21.3 Å². The third-order valence-electron chi connectivity index (χ3n) is 9.84. The van der Waals surface area contributed by atoms with Crippen LogP contribution in [0, 0.1) is 6.92 Å². The Morgan fingerprint density at radius 2 is 1.76 bits per heavy atom. The molecule has 302 valence electrons. The Labute approximate surface area is 342 Å². The van der Waals surface area contributed by atoms with E-state index in [2.05, 4.69) is 25.4 Å². The highest BCUT2D eigenvalue weighted by Gasteiger charge is 2.33. The number of rotatable bonds is 10. The van der Waals surface area contributed by atoms with E-state index >= 15 is 0 Å². The number of amides is 2. The summed E-state index contributed by atoms with van der Waals surface area (Å²) in [6.07, 6.45) is -1.34. The largest absolute Gasteiger partial charge is 0.485 e. The fourth-order valence-corrected chi connectivity index (χ4v) is 8.10. The molecule has 5 aromatic heterocycles. The Morgan fingerprint density at radius 3 is 2.47 bits per heavy atom. The van der Waals surface area contributed by atoms with Crippen LogP contribution in [-0.2, 0) is 30.5 Å². The molecule has 19 heteroatoms. The quantitative estimate of drug-likeness (QED) is 0.158. The molecule has 0 bridgehead atoms. The van der Waals surface area contributed by atoms with Crippen molar-refractivity contribution in [1.29, 1.82) is 0 Å². The van der Waals surface area contributed by atoms with Crippen LogP contribution < -0.4 is 20.5 Å². The second-order valence-electron chi connectivity index (χ2n) is 13.6. The zero-order valence-corrected chi connectivity index (χ0v) is 33.1. The zero-order chi connectivity index (χ0) is 41.4. The van der Waals surface area contributed by atoms with Crippen molar-refractivity contribution in [3.8, 4) is 16.5 Å². The van der Waals surface area contributed by atoms with Gasteiger partial charge in [0.1, 0.15) is 30.0 Å². The van der Waals surface area contributed by atoms with Gasteiger partial charge in [-0.1, -0.05) is 54.9 Å². The number of carbonyl (C=O) groups is 2. The van der Waals surface area contributed by atoms with Crippen molar-refractivity contribution in [3.05, 3.63) is 123 Å². The van der Waals surface area contributed by atoms with E-state index in [-0.39, 0.29) is 91.1 Å². The molecule has 7 aromatic rings. The summed E-state index contributed by atoms with van der Waals surface area (Å²) >= 11 is 7.52. The molecule has 6 heterocycles. The number of anilines is 2. The van der Waals surface area contributed by atoms with E-state index in [9.17, 15) is 27.6 Å². The lowest BCUT2D eigenvalue weighted by atomic mass is 10.2. The lowest BCUT2D eigenvalue weighted by molar-refractivity contribution is -0.137. The molecule has 0 saturated carbocycles. The van der Waals surface area contributed by atoms with Gasteiger partial charge in [0.25, 0.3) is 11.5 Å². The lowest BCUT2D eigenvalue weighted by Gasteiger charge is -2.36. The van der Waals surface area contributed by atoms with Crippen molar-refractivity contribution in [2.45, 2.75) is 39.6 Å². The molecule has 1 fully saturated rings. The summed E-state index contributed by atoms with van der Waals surface area (Å²) < 4.78 is 48.7. The number of nitrogens with zero attached hydrogens (tertiary/aromatic N) is 9. The monoisotopic (exact) mass is 842 g/mol. The highest BCUT2D eigenvalue weighted by Crippen LogP contribution is 2.35. The van der Waals surface area contributed by atoms with Gasteiger partial charge in [0.05, 0.1) is 32.5 Å². The molecule has 2 amide bonds. The first-order valence-electron chi connectivity index (χ1n) is 18.5. The summed E-state index contributed by atoms with van der Waals surface area (Å²) in [7, 11) is 0. The van der Waals surface area contributed by atoms with Gasteiger partial charge in [-0.05, 0) is 49.2 Å². The van der Waals surface area contributed by atoms with Crippen molar-refractivity contribution in [2.75, 3.05) is 36.4 Å². The number of nitrogens with one attached hydrogen (secondary N) is 1. The molecule has 2 aromatic carbocycles. The van der Waals surface area contributed by atoms with Crippen LogP contribution in [0.5, 0.6) is 5.75 Å². The lowest BCUT2D eigenvalue weighted by Crippen LogP contribution is -2.51. The number of piperazine rings is 1. The minimum absolute atomic E-state index is 0.0202. The molecule has 0 unspecified atom stereocenters. The van der Waals surface area contributed by atoms with Crippen LogP contribution in [0.4, 0.5) is 24.5 Å². The minimum atomic E-state index is -4.62. The number of pyridine rings is 1. The summed E-state index contributed by atoms with van der Waals surface area (Å²) in [6, 6.07) is 17.8. The van der Waals surface area contributed by atoms with Gasteiger partial charge in [-0.3, -0.25) is 14.4 Å². The van der Waals surface area contributed by atoms with Gasteiger partial charge >= 0.3 is 6.18 Å². The number of halogens is 4. The maximum absolute atomic E-state index is 14.5. The number of ether oxygens (including phenoxy) is 1. The van der Waals surface area contributed by atoms with E-state index in [1.165, 1.54) is 17.7 Å². The number of fused-ring (bicyclic) bond motifs is 2. The van der Waals surface area contributed by atoms with Crippen molar-refractivity contribution in [1.82, 2.24) is 39.0 Å². The summed E-state index contributed by atoms with van der Waals surface area (Å²) in [5, 5.41) is 7.80. The SMILES string of the molecule is CCc1c(N2CCN(C(=O)c3ncnc(C)c3OCc3ccccc3)CC2)c(=O)n2nc(-c3cc4cccnc4s3)nc2n1CC(=O)Nc1ccc(C(F)(F)F)cc1Cl. The average Bonchev–Trinajstić information content (AvgIpc) is 3.88. The van der Waals surface area contributed by atoms with Gasteiger partial charge in [0, 0.05) is 37.8 Å². The Hall–Kier alpha value is -6.40. The van der Waals surface area contributed by atoms with Crippen LogP contribution in [0.3, 0.4) is 0 Å². The van der Waals surface area contributed by atoms with Crippen molar-refractivity contribution >= 4 is 62.1 Å². The molecule has 14 nitrogen and oxygen atoms in total. The van der Waals surface area contributed by atoms with Crippen LogP contribution in [0.2, 0.25) is 5.02 Å². The first kappa shape index (κ1) is 39.4. The fourth-order valence-electron chi connectivity index (χ4n) is 6.94. The van der Waals surface area contributed by atoms with Gasteiger partial charge in [-0.25, -0.2) is 15.0 Å². The second kappa shape index (κ2) is 16.1. The molecule has 1 saturated heterocycles. The van der Waals surface area contributed by atoms with Crippen molar-refractivity contribution < 1.29 is 27.5 Å². The van der Waals surface area contributed by atoms with Crippen molar-refractivity contribution in [3.63, 3.8) is 0 Å². The van der Waals surface area contributed by atoms with E-state index < -0.39 is 23.2 Å². The van der Waals surface area contributed by atoms with E-state index in [0.29, 0.717) is 16.3 Å². The summed E-state index contributed by atoms with van der Waals surface area (Å²) in [5.41, 5.74) is 0.849. The Kier molecular flexibility index (Phi) is 10.8. The highest BCUT2D eigenvalue weighted by atomic mass is 35.5. The fraction of sp³-hybridized carbons (Fsp3) is 0.250. The molecule has 1 aliphatic rings. The van der Waals surface area contributed by atoms with Crippen LogP contribution in [-0.4, -0.2) is 77.0 Å². The predicted molar refractivity (Wildman–Crippen MR) is 216 cm³/mol. The predicted octanol–water partition coefficient (Wildman–Crippen LogP) is 6.68. The maximum atomic E-state index is 14.5. The number of aryl methyl sites for hydroxylation is 1. The molecule has 0 spiro atoms. The number of aromatic nitrogens is 7. The third kappa shape index (κ3) is 7.92. The van der Waals surface area contributed by atoms with Crippen molar-refractivity contribution in [2.24, 2.45) is 0 Å². The Morgan fingerprint density at radius 1 is 0.983 bits per heavy atom. The van der Waals surface area contributed by atoms with Crippen LogP contribution in [0.1, 0.15) is 39.9 Å². The molecule has 0 atom stereocenters. The molecule has 59 heavy (non-hydrogen) atoms. The van der Waals surface area contributed by atoms with Gasteiger partial charge < -0.3 is 24.4 Å². The van der Waals surface area contributed by atoms with Gasteiger partial charge in [-0.15, -0.1) is 16.4 Å². The Balaban J connectivity index is 1.11. The number of hydrogen-bond acceptors (Lipinski definition) is 11. The molecule has 0 radical (unpaired) electrons. The molecular formula is C40H34ClF3N10O4S. The zero-order valence-electron chi connectivity index (χ0n) is 31.5. The van der Waals surface area contributed by atoms with Gasteiger partial charge in [0.15, 0.2) is 17.3 Å². The molecular weight excluding hydrogens is 809 g/mol. The number of hydrogen-bond donors (Lipinski definition) is 1. The minimum Gasteiger partial charge on any atom is -0.485 e. The molecule has 0 aliphatic carbocycles. The number of thiophene rings is 1. The average molecular weight is 843 g/mol. The molecule has 8 rings (SSSR count). The number of carbonyl (C=O) groups excluding carboxylic acids is 2. The van der Waals surface area contributed by atoms with E-state index in [0.717, 1.165) is 38.5 Å². The summed E-state index contributed by atoms with van der Waals surface area (Å²) in [4.78, 5) is 64.7. The van der Waals surface area contributed by atoms with Gasteiger partial charge in [-0.2, -0.15) is 22.7 Å². The molecule has 1 aliphatic heterocycles. The summed E-state index contributed by atoms with van der Waals surface area (Å²) in [6.45, 7) is 4.36. The van der Waals surface area contributed by atoms with Crippen LogP contribution in [0.25, 0.3) is 26.7 Å². The third-order valence-corrected chi connectivity index (χ3v) is 11.2. The summed E-state index contributed by atoms with van der Waals surface area (Å²) in [5.74, 6) is -0.364. The van der Waals surface area contributed by atoms with E-state index in [1.807, 2.05) is 60.4 Å². The standard InChI is InChI=1S/C40H34ClF3N10O4S/c1-3-29-33(51-14-16-52(17-15-51)37(56)32-34(23(2)46-22-47-32)58-21-24-8-5-4-6-9-24)38(57)54-39(49-35(50-54)30-18-25-10-7-13-45-36(25)59-30)53(29)20-31(55)48-28-12-11-26(19-27(28)41)40(42,43)44/h4-13,18-19,22H,3,14-17,20-21H2,1-2H3,(H,48,55). The van der Waals surface area contributed by atoms with Crippen LogP contribution in [0.15, 0.2) is 84.0 Å². The van der Waals surface area contributed by atoms with Crippen LogP contribution >= 0.6 is 22.9 Å². The van der Waals surface area contributed by atoms with E-state index in [1.54, 1.807) is 22.6 Å².